The molecule has 0 bridgehead atoms. The normalized spacial score (nSPS) is 11.3. The number of para-hydroxylation sites is 1. The lowest BCUT2D eigenvalue weighted by Gasteiger charge is -2.11. The Kier molecular flexibility index (Phi) is 7.39. The van der Waals surface area contributed by atoms with Crippen LogP contribution in [0.1, 0.15) is 30.6 Å². The molecule has 10 heteroatoms. The van der Waals surface area contributed by atoms with Crippen molar-refractivity contribution in [3.8, 4) is 0 Å². The van der Waals surface area contributed by atoms with Gasteiger partial charge < -0.3 is 15.7 Å². The topological polar surface area (TPSA) is 133 Å². The minimum absolute atomic E-state index is 0.124. The lowest BCUT2D eigenvalue weighted by Crippen LogP contribution is -2.25. The molecule has 3 rings (SSSR count). The average molecular weight is 456 g/mol. The van der Waals surface area contributed by atoms with E-state index in [9.17, 15) is 18.3 Å². The van der Waals surface area contributed by atoms with Crippen molar-refractivity contribution in [3.63, 3.8) is 0 Å². The summed E-state index contributed by atoms with van der Waals surface area (Å²) in [6, 6.07) is 14.4. The molecule has 3 aromatic rings. The smallest absolute Gasteiger partial charge is 0.337 e. The molecule has 0 atom stereocenters. The Labute approximate surface area is 187 Å². The zero-order chi connectivity index (χ0) is 23.1. The second-order valence-electron chi connectivity index (χ2n) is 7.47. The molecule has 0 aliphatic carbocycles. The van der Waals surface area contributed by atoms with Crippen molar-refractivity contribution in [2.24, 2.45) is 5.92 Å². The number of aromatic carboxylic acids is 1. The Balaban J connectivity index is 1.69. The van der Waals surface area contributed by atoms with E-state index < -0.39 is 16.0 Å². The predicted octanol–water partition coefficient (Wildman–Crippen LogP) is 3.99. The number of hydrogen-bond acceptors (Lipinski definition) is 7. The molecule has 0 fully saturated rings. The summed E-state index contributed by atoms with van der Waals surface area (Å²) in [7, 11) is -3.56. The molecule has 0 amide bonds. The molecule has 0 radical (unpaired) electrons. The number of carbonyl (C=O) groups is 1. The van der Waals surface area contributed by atoms with Crippen molar-refractivity contribution in [1.29, 1.82) is 0 Å². The van der Waals surface area contributed by atoms with E-state index in [0.717, 1.165) is 6.42 Å². The first-order valence-corrected chi connectivity index (χ1v) is 11.5. The number of carboxylic acids is 1. The van der Waals surface area contributed by atoms with E-state index in [1.54, 1.807) is 36.4 Å². The number of hydrogen-bond donors (Lipinski definition) is 4. The zero-order valence-electron chi connectivity index (χ0n) is 17.7. The van der Waals surface area contributed by atoms with Gasteiger partial charge in [0.05, 0.1) is 16.1 Å². The predicted molar refractivity (Wildman–Crippen MR) is 123 cm³/mol. The summed E-state index contributed by atoms with van der Waals surface area (Å²) in [6.45, 7) is 4.46. The summed E-state index contributed by atoms with van der Waals surface area (Å²) in [5.74, 6) is 0.0413. The first-order valence-electron chi connectivity index (χ1n) is 10.0. The highest BCUT2D eigenvalue weighted by molar-refractivity contribution is 7.89. The van der Waals surface area contributed by atoms with Crippen LogP contribution in [-0.4, -0.2) is 36.0 Å². The van der Waals surface area contributed by atoms with Crippen molar-refractivity contribution >= 4 is 39.1 Å². The molecular weight excluding hydrogens is 430 g/mol. The molecule has 2 aromatic carbocycles. The molecule has 1 heterocycles. The minimum atomic E-state index is -3.56. The van der Waals surface area contributed by atoms with Crippen LogP contribution in [0.25, 0.3) is 0 Å². The van der Waals surface area contributed by atoms with Gasteiger partial charge in [-0.1, -0.05) is 26.0 Å². The van der Waals surface area contributed by atoms with Crippen molar-refractivity contribution in [2.45, 2.75) is 25.2 Å². The number of aromatic nitrogens is 2. The molecule has 1 aromatic heterocycles. The maximum atomic E-state index is 12.4. The third-order valence-electron chi connectivity index (χ3n) is 4.51. The summed E-state index contributed by atoms with van der Waals surface area (Å²) >= 11 is 0. The fourth-order valence-corrected chi connectivity index (χ4v) is 3.86. The molecule has 0 aliphatic heterocycles. The third kappa shape index (κ3) is 6.25. The number of nitrogens with one attached hydrogen (secondary N) is 3. The number of carboxylic acid groups (broad SMARTS) is 1. The number of nitrogens with zero attached hydrogens (tertiary/aromatic N) is 2. The molecule has 0 saturated heterocycles. The summed E-state index contributed by atoms with van der Waals surface area (Å²) in [4.78, 5) is 20.0. The summed E-state index contributed by atoms with van der Waals surface area (Å²) in [5, 5.41) is 15.3. The fraction of sp³-hybridized carbons (Fsp3) is 0.227. The van der Waals surface area contributed by atoms with Crippen molar-refractivity contribution in [1.82, 2.24) is 14.7 Å². The monoisotopic (exact) mass is 455 g/mol. The highest BCUT2D eigenvalue weighted by atomic mass is 32.2. The van der Waals surface area contributed by atoms with Crippen LogP contribution in [0, 0.1) is 5.92 Å². The van der Waals surface area contributed by atoms with Crippen LogP contribution >= 0.6 is 0 Å². The number of rotatable bonds is 10. The number of sulfonamides is 1. The standard InChI is InChI=1S/C22H25N5O4S/c1-15(2)11-14-24-32(30,31)17-9-7-16(8-10-17)25-22-23-13-12-20(27-22)26-19-6-4-3-5-18(19)21(28)29/h3-10,12-13,15,24H,11,14H2,1-2H3,(H,28,29)(H2,23,25,26,27). The Hall–Kier alpha value is -3.50. The molecule has 0 saturated carbocycles. The van der Waals surface area contributed by atoms with Gasteiger partial charge in [0.2, 0.25) is 16.0 Å². The second-order valence-corrected chi connectivity index (χ2v) is 9.24. The number of benzene rings is 2. The van der Waals surface area contributed by atoms with E-state index in [-0.39, 0.29) is 16.4 Å². The molecule has 9 nitrogen and oxygen atoms in total. The van der Waals surface area contributed by atoms with Crippen molar-refractivity contribution in [3.05, 3.63) is 66.4 Å². The van der Waals surface area contributed by atoms with Crippen LogP contribution in [0.15, 0.2) is 65.7 Å². The van der Waals surface area contributed by atoms with Gasteiger partial charge in [-0.05, 0) is 54.8 Å². The Morgan fingerprint density at radius 2 is 1.75 bits per heavy atom. The van der Waals surface area contributed by atoms with E-state index in [2.05, 4.69) is 25.3 Å². The molecular formula is C22H25N5O4S. The van der Waals surface area contributed by atoms with Crippen LogP contribution in [0.3, 0.4) is 0 Å². The maximum Gasteiger partial charge on any atom is 0.337 e. The Morgan fingerprint density at radius 3 is 2.44 bits per heavy atom. The molecule has 0 spiro atoms. The largest absolute Gasteiger partial charge is 0.478 e. The molecule has 0 unspecified atom stereocenters. The van der Waals surface area contributed by atoms with E-state index in [4.69, 9.17) is 0 Å². The third-order valence-corrected chi connectivity index (χ3v) is 5.99. The van der Waals surface area contributed by atoms with Crippen LogP contribution < -0.4 is 15.4 Å². The summed E-state index contributed by atoms with van der Waals surface area (Å²) in [6.07, 6.45) is 2.29. The quantitative estimate of drug-likeness (QED) is 0.361. The average Bonchev–Trinajstić information content (AvgIpc) is 2.74. The molecule has 4 N–H and O–H groups in total. The second kappa shape index (κ2) is 10.2. The minimum Gasteiger partial charge on any atom is -0.478 e. The lowest BCUT2D eigenvalue weighted by atomic mass is 10.1. The zero-order valence-corrected chi connectivity index (χ0v) is 18.6. The SMILES string of the molecule is CC(C)CCNS(=O)(=O)c1ccc(Nc2nccc(Nc3ccccc3C(=O)O)n2)cc1. The molecule has 32 heavy (non-hydrogen) atoms. The van der Waals surface area contributed by atoms with Gasteiger partial charge in [-0.2, -0.15) is 4.98 Å². The van der Waals surface area contributed by atoms with Gasteiger partial charge in [0.25, 0.3) is 0 Å². The maximum absolute atomic E-state index is 12.4. The lowest BCUT2D eigenvalue weighted by molar-refractivity contribution is 0.0698. The van der Waals surface area contributed by atoms with Crippen LogP contribution in [0.4, 0.5) is 23.1 Å². The van der Waals surface area contributed by atoms with E-state index in [1.165, 1.54) is 24.4 Å². The van der Waals surface area contributed by atoms with Gasteiger partial charge >= 0.3 is 5.97 Å². The van der Waals surface area contributed by atoms with Gasteiger partial charge in [-0.25, -0.2) is 22.9 Å². The van der Waals surface area contributed by atoms with Crippen LogP contribution in [0.2, 0.25) is 0 Å². The van der Waals surface area contributed by atoms with Crippen molar-refractivity contribution < 1.29 is 18.3 Å². The summed E-state index contributed by atoms with van der Waals surface area (Å²) in [5.41, 5.74) is 1.14. The van der Waals surface area contributed by atoms with Crippen LogP contribution in [-0.2, 0) is 10.0 Å². The highest BCUT2D eigenvalue weighted by Crippen LogP contribution is 2.21. The van der Waals surface area contributed by atoms with Gasteiger partial charge in [-0.15, -0.1) is 0 Å². The summed E-state index contributed by atoms with van der Waals surface area (Å²) < 4.78 is 27.3. The van der Waals surface area contributed by atoms with Crippen LogP contribution in [0.5, 0.6) is 0 Å². The molecule has 0 aliphatic rings. The Bertz CT molecular complexity index is 1180. The van der Waals surface area contributed by atoms with Gasteiger partial charge in [0.1, 0.15) is 5.82 Å². The van der Waals surface area contributed by atoms with E-state index in [0.29, 0.717) is 29.7 Å². The van der Waals surface area contributed by atoms with Gasteiger partial charge in [0.15, 0.2) is 0 Å². The molecule has 168 valence electrons. The van der Waals surface area contributed by atoms with Crippen molar-refractivity contribution in [2.75, 3.05) is 17.2 Å². The number of anilines is 4. The first-order chi connectivity index (χ1) is 15.2. The fourth-order valence-electron chi connectivity index (χ4n) is 2.82. The van der Waals surface area contributed by atoms with Gasteiger partial charge in [-0.3, -0.25) is 0 Å². The Morgan fingerprint density at radius 1 is 1.03 bits per heavy atom. The van der Waals surface area contributed by atoms with Gasteiger partial charge in [0, 0.05) is 18.4 Å². The highest BCUT2D eigenvalue weighted by Gasteiger charge is 2.14. The first kappa shape index (κ1) is 23.2. The van der Waals surface area contributed by atoms with E-state index >= 15 is 0 Å². The van der Waals surface area contributed by atoms with E-state index in [1.807, 2.05) is 13.8 Å².